The van der Waals surface area contributed by atoms with E-state index in [1.54, 1.807) is 0 Å². The number of thiocarbonyl (C=S) groups is 1. The molecule has 2 rings (SSSR count). The molecule has 0 spiro atoms. The Morgan fingerprint density at radius 1 is 1.47 bits per heavy atom. The molecule has 1 aliphatic rings. The second-order valence-corrected chi connectivity index (χ2v) is 5.41. The van der Waals surface area contributed by atoms with Gasteiger partial charge >= 0.3 is 0 Å². The van der Waals surface area contributed by atoms with E-state index in [1.807, 2.05) is 13.1 Å². The van der Waals surface area contributed by atoms with Crippen LogP contribution in [0.1, 0.15) is 31.4 Å². The maximum atomic E-state index is 5.59. The van der Waals surface area contributed by atoms with Crippen LogP contribution in [0.4, 0.5) is 0 Å². The average Bonchev–Trinajstić information content (AvgIpc) is 2.97. The smallest absolute Gasteiger partial charge is 0.169 e. The predicted octanol–water partition coefficient (Wildman–Crippen LogP) is 2.73. The lowest BCUT2D eigenvalue weighted by atomic mass is 10.1. The second kappa shape index (κ2) is 6.87. The third kappa shape index (κ3) is 3.91. The Labute approximate surface area is 120 Å². The highest BCUT2D eigenvalue weighted by Gasteiger charge is 2.18. The normalized spacial score (nSPS) is 20.0. The molecule has 104 valence electrons. The summed E-state index contributed by atoms with van der Waals surface area (Å²) >= 11 is 5.45. The molecule has 1 aromatic carbocycles. The Morgan fingerprint density at radius 3 is 2.84 bits per heavy atom. The van der Waals surface area contributed by atoms with Crippen LogP contribution in [0.3, 0.4) is 0 Å². The predicted molar refractivity (Wildman–Crippen MR) is 82.2 cm³/mol. The van der Waals surface area contributed by atoms with Gasteiger partial charge in [0.05, 0.1) is 12.1 Å². The standard InChI is InChI=1S/C15H22N2OS/c1-12(13-7-4-3-5-8-13)17(2)15(19)16-11-14-9-6-10-18-14/h3-5,7-8,12,14H,6,9-11H2,1-2H3,(H,16,19)/t12-,14-/m1/s1. The molecule has 1 fully saturated rings. The zero-order chi connectivity index (χ0) is 13.7. The van der Waals surface area contributed by atoms with Gasteiger partial charge in [-0.15, -0.1) is 0 Å². The summed E-state index contributed by atoms with van der Waals surface area (Å²) < 4.78 is 5.59. The molecular formula is C15H22N2OS. The van der Waals surface area contributed by atoms with Crippen molar-refractivity contribution in [3.05, 3.63) is 35.9 Å². The number of hydrogen-bond acceptors (Lipinski definition) is 2. The molecular weight excluding hydrogens is 256 g/mol. The van der Waals surface area contributed by atoms with Crippen LogP contribution in [0.2, 0.25) is 0 Å². The molecule has 1 aliphatic heterocycles. The van der Waals surface area contributed by atoms with E-state index in [1.165, 1.54) is 5.56 Å². The first-order valence-corrected chi connectivity index (χ1v) is 7.26. The molecule has 19 heavy (non-hydrogen) atoms. The fourth-order valence-corrected chi connectivity index (χ4v) is 2.50. The van der Waals surface area contributed by atoms with Gasteiger partial charge in [-0.25, -0.2) is 0 Å². The van der Waals surface area contributed by atoms with Crippen molar-refractivity contribution >= 4 is 17.3 Å². The highest BCUT2D eigenvalue weighted by atomic mass is 32.1. The molecule has 0 bridgehead atoms. The largest absolute Gasteiger partial charge is 0.376 e. The first kappa shape index (κ1) is 14.3. The number of nitrogens with one attached hydrogen (secondary N) is 1. The van der Waals surface area contributed by atoms with Crippen LogP contribution in [0.15, 0.2) is 30.3 Å². The monoisotopic (exact) mass is 278 g/mol. The first-order chi connectivity index (χ1) is 9.18. The third-order valence-electron chi connectivity index (χ3n) is 3.69. The quantitative estimate of drug-likeness (QED) is 0.856. The van der Waals surface area contributed by atoms with Crippen molar-refractivity contribution in [3.8, 4) is 0 Å². The minimum Gasteiger partial charge on any atom is -0.376 e. The van der Waals surface area contributed by atoms with E-state index in [4.69, 9.17) is 17.0 Å². The molecule has 0 saturated carbocycles. The Kier molecular flexibility index (Phi) is 5.16. The van der Waals surface area contributed by atoms with E-state index >= 15 is 0 Å². The molecule has 0 radical (unpaired) electrons. The molecule has 1 aromatic rings. The first-order valence-electron chi connectivity index (χ1n) is 6.85. The zero-order valence-corrected chi connectivity index (χ0v) is 12.5. The Balaban J connectivity index is 1.84. The molecule has 1 saturated heterocycles. The molecule has 0 amide bonds. The summed E-state index contributed by atoms with van der Waals surface area (Å²) in [6.45, 7) is 3.86. The van der Waals surface area contributed by atoms with Gasteiger partial charge in [-0.05, 0) is 37.5 Å². The number of ether oxygens (including phenoxy) is 1. The summed E-state index contributed by atoms with van der Waals surface area (Å²) in [5.74, 6) is 0. The van der Waals surface area contributed by atoms with Crippen LogP contribution >= 0.6 is 12.2 Å². The van der Waals surface area contributed by atoms with Crippen LogP contribution in [-0.4, -0.2) is 36.3 Å². The van der Waals surface area contributed by atoms with Crippen molar-refractivity contribution in [1.82, 2.24) is 10.2 Å². The van der Waals surface area contributed by atoms with Crippen LogP contribution in [0.25, 0.3) is 0 Å². The van der Waals surface area contributed by atoms with Crippen molar-refractivity contribution in [2.24, 2.45) is 0 Å². The van der Waals surface area contributed by atoms with Crippen LogP contribution in [-0.2, 0) is 4.74 Å². The van der Waals surface area contributed by atoms with Crippen LogP contribution in [0, 0.1) is 0 Å². The number of hydrogen-bond donors (Lipinski definition) is 1. The third-order valence-corrected chi connectivity index (χ3v) is 4.12. The SMILES string of the molecule is C[C@H](c1ccccc1)N(C)C(=S)NC[C@H]1CCCO1. The minimum atomic E-state index is 0.269. The minimum absolute atomic E-state index is 0.269. The summed E-state index contributed by atoms with van der Waals surface area (Å²) in [6, 6.07) is 10.7. The maximum Gasteiger partial charge on any atom is 0.169 e. The van der Waals surface area contributed by atoms with Crippen molar-refractivity contribution in [2.45, 2.75) is 31.9 Å². The Morgan fingerprint density at radius 2 is 2.21 bits per heavy atom. The molecule has 4 heteroatoms. The second-order valence-electron chi connectivity index (χ2n) is 5.02. The molecule has 0 aromatic heterocycles. The number of nitrogens with zero attached hydrogens (tertiary/aromatic N) is 1. The summed E-state index contributed by atoms with van der Waals surface area (Å²) in [6.07, 6.45) is 2.61. The molecule has 1 N–H and O–H groups in total. The topological polar surface area (TPSA) is 24.5 Å². The van der Waals surface area contributed by atoms with Gasteiger partial charge < -0.3 is 15.0 Å². The lowest BCUT2D eigenvalue weighted by Crippen LogP contribution is -2.41. The van der Waals surface area contributed by atoms with E-state index in [-0.39, 0.29) is 6.04 Å². The lowest BCUT2D eigenvalue weighted by Gasteiger charge is -2.28. The van der Waals surface area contributed by atoms with Crippen LogP contribution in [0.5, 0.6) is 0 Å². The van der Waals surface area contributed by atoms with E-state index in [0.29, 0.717) is 6.10 Å². The number of benzene rings is 1. The van der Waals surface area contributed by atoms with E-state index in [2.05, 4.69) is 41.4 Å². The van der Waals surface area contributed by atoms with Gasteiger partial charge in [0.15, 0.2) is 5.11 Å². The van der Waals surface area contributed by atoms with Crippen molar-refractivity contribution < 1.29 is 4.74 Å². The van der Waals surface area contributed by atoms with Gasteiger partial charge in [0.25, 0.3) is 0 Å². The highest BCUT2D eigenvalue weighted by Crippen LogP contribution is 2.18. The van der Waals surface area contributed by atoms with Crippen molar-refractivity contribution in [3.63, 3.8) is 0 Å². The summed E-state index contributed by atoms with van der Waals surface area (Å²) in [4.78, 5) is 2.10. The van der Waals surface area contributed by atoms with Gasteiger partial charge in [-0.3, -0.25) is 0 Å². The summed E-state index contributed by atoms with van der Waals surface area (Å²) in [5.41, 5.74) is 1.27. The number of rotatable bonds is 4. The average molecular weight is 278 g/mol. The fourth-order valence-electron chi connectivity index (χ4n) is 2.26. The molecule has 0 aliphatic carbocycles. The van der Waals surface area contributed by atoms with Crippen LogP contribution < -0.4 is 5.32 Å². The maximum absolute atomic E-state index is 5.59. The highest BCUT2D eigenvalue weighted by molar-refractivity contribution is 7.80. The van der Waals surface area contributed by atoms with Gasteiger partial charge in [0.2, 0.25) is 0 Å². The summed E-state index contributed by atoms with van der Waals surface area (Å²) in [7, 11) is 2.03. The molecule has 2 atom stereocenters. The van der Waals surface area contributed by atoms with Gasteiger partial charge in [0, 0.05) is 20.2 Å². The van der Waals surface area contributed by atoms with Crippen molar-refractivity contribution in [2.75, 3.05) is 20.2 Å². The van der Waals surface area contributed by atoms with E-state index in [0.717, 1.165) is 31.1 Å². The van der Waals surface area contributed by atoms with E-state index in [9.17, 15) is 0 Å². The van der Waals surface area contributed by atoms with Crippen molar-refractivity contribution in [1.29, 1.82) is 0 Å². The van der Waals surface area contributed by atoms with Gasteiger partial charge in [0.1, 0.15) is 0 Å². The Hall–Kier alpha value is -1.13. The molecule has 0 unspecified atom stereocenters. The zero-order valence-electron chi connectivity index (χ0n) is 11.6. The molecule has 1 heterocycles. The van der Waals surface area contributed by atoms with E-state index < -0.39 is 0 Å². The Bertz CT molecular complexity index is 404. The fraction of sp³-hybridized carbons (Fsp3) is 0.533. The van der Waals surface area contributed by atoms with Gasteiger partial charge in [-0.2, -0.15) is 0 Å². The summed E-state index contributed by atoms with van der Waals surface area (Å²) in [5, 5.41) is 4.09. The lowest BCUT2D eigenvalue weighted by molar-refractivity contribution is 0.113. The van der Waals surface area contributed by atoms with Gasteiger partial charge in [-0.1, -0.05) is 30.3 Å². The molecule has 3 nitrogen and oxygen atoms in total.